The van der Waals surface area contributed by atoms with Crippen molar-refractivity contribution in [1.29, 1.82) is 0 Å². The Labute approximate surface area is 176 Å². The Morgan fingerprint density at radius 1 is 1.30 bits per heavy atom. The van der Waals surface area contributed by atoms with Gasteiger partial charge in [-0.3, -0.25) is 4.48 Å². The van der Waals surface area contributed by atoms with Crippen LogP contribution < -0.4 is 17.0 Å². The van der Waals surface area contributed by atoms with Gasteiger partial charge < -0.3 is 31.6 Å². The molecular weight excluding hydrogens is 450 g/mol. The van der Waals surface area contributed by atoms with E-state index in [1.165, 1.54) is 22.7 Å². The predicted molar refractivity (Wildman–Crippen MR) is 98.8 cm³/mol. The van der Waals surface area contributed by atoms with Crippen molar-refractivity contribution in [3.05, 3.63) is 51.2 Å². The molecule has 6 rings (SSSR count). The van der Waals surface area contributed by atoms with E-state index in [-0.39, 0.29) is 41.3 Å². The molecule has 5 nitrogen and oxygen atoms in total. The molecule has 4 aliphatic rings. The summed E-state index contributed by atoms with van der Waals surface area (Å²) in [5, 5.41) is 15.1. The van der Waals surface area contributed by atoms with E-state index in [1.807, 2.05) is 22.9 Å². The van der Waals surface area contributed by atoms with Crippen LogP contribution in [0, 0.1) is 6.42 Å². The number of carbonyl (C=O) groups excluding carboxylic acids is 1. The fraction of sp³-hybridized carbons (Fsp3) is 0.474. The topological polar surface area (TPSA) is 55.8 Å². The van der Waals surface area contributed by atoms with Crippen LogP contribution in [-0.2, 0) is 19.9 Å². The van der Waals surface area contributed by atoms with E-state index in [0.29, 0.717) is 15.8 Å². The Hall–Kier alpha value is -0.900. The Bertz CT molecular complexity index is 789. The quantitative estimate of drug-likeness (QED) is 0.359. The van der Waals surface area contributed by atoms with Crippen molar-refractivity contribution in [1.82, 2.24) is 0 Å². The SMILES string of the molecule is C[N+]1(C)[C@@H]2C[C@@H]3[CH+][C@H]1[C@H](OC(=O)C(O)(c1cccs1)c1cccs1)[C@H]2O3.[Br-]. The maximum atomic E-state index is 13.2. The van der Waals surface area contributed by atoms with Gasteiger partial charge in [-0.05, 0) is 22.9 Å². The third-order valence-electron chi connectivity index (χ3n) is 6.17. The zero-order valence-electron chi connectivity index (χ0n) is 14.9. The molecule has 2 aromatic rings. The van der Waals surface area contributed by atoms with Crippen molar-refractivity contribution in [2.24, 2.45) is 0 Å². The average molecular weight is 471 g/mol. The number of halogens is 1. The lowest BCUT2D eigenvalue weighted by Crippen LogP contribution is -3.00. The van der Waals surface area contributed by atoms with Gasteiger partial charge in [-0.15, -0.1) is 22.7 Å². The van der Waals surface area contributed by atoms with Crippen molar-refractivity contribution in [3.63, 3.8) is 0 Å². The number of esters is 1. The highest BCUT2D eigenvalue weighted by Crippen LogP contribution is 2.50. The third kappa shape index (κ3) is 2.65. The van der Waals surface area contributed by atoms with Crippen molar-refractivity contribution in [3.8, 4) is 0 Å². The Morgan fingerprint density at radius 3 is 2.44 bits per heavy atom. The first kappa shape index (κ1) is 19.4. The van der Waals surface area contributed by atoms with E-state index in [1.54, 1.807) is 12.1 Å². The Kier molecular flexibility index (Phi) is 4.73. The van der Waals surface area contributed by atoms with Gasteiger partial charge >= 0.3 is 5.97 Å². The van der Waals surface area contributed by atoms with Crippen LogP contribution in [0.4, 0.5) is 0 Å². The highest BCUT2D eigenvalue weighted by atomic mass is 79.9. The number of likely N-dealkylation sites (N-methyl/N-ethyl adjacent to an activating group) is 1. The summed E-state index contributed by atoms with van der Waals surface area (Å²) in [5.74, 6) is -0.611. The highest BCUT2D eigenvalue weighted by molar-refractivity contribution is 7.12. The zero-order valence-corrected chi connectivity index (χ0v) is 18.2. The summed E-state index contributed by atoms with van der Waals surface area (Å²) < 4.78 is 12.8. The first-order valence-electron chi connectivity index (χ1n) is 8.77. The van der Waals surface area contributed by atoms with Gasteiger partial charge in [0.1, 0.15) is 6.04 Å². The van der Waals surface area contributed by atoms with Gasteiger partial charge in [0.25, 0.3) is 6.04 Å². The number of thiophene rings is 2. The molecule has 4 bridgehead atoms. The van der Waals surface area contributed by atoms with Crippen LogP contribution in [0.3, 0.4) is 0 Å². The standard InChI is InChI=1S/C19H21NO4S2.BrH/c1-20(2)12-9-11-10-13(20)17(16(12)23-11)24-18(21)19(22,14-5-3-7-25-14)15-6-4-8-26-15;/h3-8,10-13,16-17,22H,9H2,1-2H3;1H/q+2;/p-1/t11-,12-,13+,16+,17+;/m1./s1. The number of carbonyl (C=O) groups is 1. The van der Waals surface area contributed by atoms with E-state index in [2.05, 4.69) is 20.5 Å². The number of rotatable bonds is 4. The van der Waals surface area contributed by atoms with E-state index in [9.17, 15) is 9.90 Å². The molecule has 27 heavy (non-hydrogen) atoms. The number of ether oxygens (including phenoxy) is 2. The minimum absolute atomic E-state index is 0. The van der Waals surface area contributed by atoms with Crippen molar-refractivity contribution >= 4 is 28.6 Å². The second-order valence-electron chi connectivity index (χ2n) is 7.79. The molecule has 144 valence electrons. The summed E-state index contributed by atoms with van der Waals surface area (Å²) in [5.41, 5.74) is -1.76. The number of quaternary nitrogens is 1. The molecule has 6 heterocycles. The Balaban J connectivity index is 0.00000180. The minimum atomic E-state index is -1.76. The molecule has 0 unspecified atom stereocenters. The van der Waals surface area contributed by atoms with Gasteiger partial charge in [0.15, 0.2) is 12.5 Å². The van der Waals surface area contributed by atoms with Gasteiger partial charge in [0.05, 0.1) is 30.3 Å². The lowest BCUT2D eigenvalue weighted by molar-refractivity contribution is -0.924. The second-order valence-corrected chi connectivity index (χ2v) is 9.68. The smallest absolute Gasteiger partial charge is 0.350 e. The van der Waals surface area contributed by atoms with E-state index in [0.717, 1.165) is 10.9 Å². The Morgan fingerprint density at radius 2 is 1.93 bits per heavy atom. The van der Waals surface area contributed by atoms with Crippen LogP contribution in [0.2, 0.25) is 0 Å². The van der Waals surface area contributed by atoms with Crippen molar-refractivity contribution in [2.45, 2.75) is 42.4 Å². The molecule has 0 spiro atoms. The van der Waals surface area contributed by atoms with E-state index in [4.69, 9.17) is 9.47 Å². The van der Waals surface area contributed by atoms with Gasteiger partial charge in [0, 0.05) is 0 Å². The van der Waals surface area contributed by atoms with Crippen LogP contribution in [0.1, 0.15) is 16.2 Å². The maximum absolute atomic E-state index is 13.2. The van der Waals surface area contributed by atoms with Gasteiger partial charge in [-0.25, -0.2) is 4.79 Å². The number of aliphatic hydroxyl groups is 1. The molecule has 4 saturated heterocycles. The molecule has 4 fully saturated rings. The molecule has 0 amide bonds. The van der Waals surface area contributed by atoms with E-state index >= 15 is 0 Å². The highest BCUT2D eigenvalue weighted by Gasteiger charge is 2.74. The first-order valence-corrected chi connectivity index (χ1v) is 10.5. The summed E-state index contributed by atoms with van der Waals surface area (Å²) in [4.78, 5) is 14.4. The lowest BCUT2D eigenvalue weighted by Gasteiger charge is -2.36. The molecule has 5 atom stereocenters. The number of piperidine rings is 1. The van der Waals surface area contributed by atoms with Crippen molar-refractivity contribution in [2.75, 3.05) is 14.1 Å². The summed E-state index contributed by atoms with van der Waals surface area (Å²) in [6, 6.07) is 7.67. The normalized spacial score (nSPS) is 32.8. The number of nitrogens with zero attached hydrogens (tertiary/aromatic N) is 1. The molecular formula is C19H21BrNO4S2+. The number of hydrogen-bond acceptors (Lipinski definition) is 6. The summed E-state index contributed by atoms with van der Waals surface area (Å²) >= 11 is 2.71. The third-order valence-corrected chi connectivity index (χ3v) is 8.13. The van der Waals surface area contributed by atoms with Crippen molar-refractivity contribution < 1.29 is 40.8 Å². The molecule has 0 aromatic carbocycles. The second kappa shape index (κ2) is 6.57. The van der Waals surface area contributed by atoms with Crippen LogP contribution >= 0.6 is 22.7 Å². The molecule has 8 heteroatoms. The minimum Gasteiger partial charge on any atom is -1.00 e. The molecule has 1 N–H and O–H groups in total. The van der Waals surface area contributed by atoms with E-state index < -0.39 is 11.6 Å². The van der Waals surface area contributed by atoms with Gasteiger partial charge in [0.2, 0.25) is 17.8 Å². The van der Waals surface area contributed by atoms with Crippen LogP contribution in [0.15, 0.2) is 35.0 Å². The maximum Gasteiger partial charge on any atom is 0.350 e. The first-order chi connectivity index (χ1) is 12.4. The van der Waals surface area contributed by atoms with Crippen LogP contribution in [0.5, 0.6) is 0 Å². The average Bonchev–Trinajstić information content (AvgIpc) is 3.38. The molecule has 0 radical (unpaired) electrons. The zero-order chi connectivity index (χ0) is 18.1. The largest absolute Gasteiger partial charge is 1.00 e. The molecule has 0 aliphatic carbocycles. The molecule has 0 saturated carbocycles. The summed E-state index contributed by atoms with van der Waals surface area (Å²) in [7, 11) is 4.34. The summed E-state index contributed by atoms with van der Waals surface area (Å²) in [6.45, 7) is 0. The number of hydrogen-bond donors (Lipinski definition) is 1. The molecule has 4 aliphatic heterocycles. The van der Waals surface area contributed by atoms with Crippen LogP contribution in [-0.4, -0.2) is 60.0 Å². The fourth-order valence-corrected chi connectivity index (χ4v) is 6.49. The van der Waals surface area contributed by atoms with Gasteiger partial charge in [-0.2, -0.15) is 0 Å². The predicted octanol–water partition coefficient (Wildman–Crippen LogP) is -0.836. The van der Waals surface area contributed by atoms with Crippen LogP contribution in [0.25, 0.3) is 0 Å². The fourth-order valence-electron chi connectivity index (χ4n) is 4.77. The lowest BCUT2D eigenvalue weighted by atomic mass is 9.97. The summed E-state index contributed by atoms with van der Waals surface area (Å²) in [6.07, 6.45) is 2.87. The monoisotopic (exact) mass is 470 g/mol. The van der Waals surface area contributed by atoms with Gasteiger partial charge in [-0.1, -0.05) is 12.1 Å². The molecule has 2 aromatic heterocycles.